The van der Waals surface area contributed by atoms with Gasteiger partial charge in [0.05, 0.1) is 24.5 Å². The Balaban J connectivity index is 1.65. The zero-order valence-electron chi connectivity index (χ0n) is 12.8. The van der Waals surface area contributed by atoms with Gasteiger partial charge in [-0.3, -0.25) is 4.79 Å². The smallest absolute Gasteiger partial charge is 0.257 e. The Labute approximate surface area is 139 Å². The molecule has 5 nitrogen and oxygen atoms in total. The lowest BCUT2D eigenvalue weighted by molar-refractivity contribution is 0.102. The van der Waals surface area contributed by atoms with Crippen LogP contribution in [0.3, 0.4) is 0 Å². The van der Waals surface area contributed by atoms with E-state index in [1.165, 1.54) is 6.20 Å². The first kappa shape index (κ1) is 15.8. The number of nitrogens with zero attached hydrogens (tertiary/aromatic N) is 1. The summed E-state index contributed by atoms with van der Waals surface area (Å²) in [5.41, 5.74) is 1.30. The summed E-state index contributed by atoms with van der Waals surface area (Å²) in [6.07, 6.45) is 4.43. The first-order valence-electron chi connectivity index (χ1n) is 7.41. The number of thioether (sulfide) groups is 1. The molecule has 1 fully saturated rings. The Bertz CT molecular complexity index is 670. The average molecular weight is 330 g/mol. The van der Waals surface area contributed by atoms with Gasteiger partial charge in [-0.1, -0.05) is 12.1 Å². The molecule has 1 aromatic carbocycles. The summed E-state index contributed by atoms with van der Waals surface area (Å²) in [7, 11) is 0. The van der Waals surface area contributed by atoms with Gasteiger partial charge in [0.15, 0.2) is 0 Å². The first-order chi connectivity index (χ1) is 11.3. The summed E-state index contributed by atoms with van der Waals surface area (Å²) >= 11 is 1.59. The molecule has 1 aromatic heterocycles. The fraction of sp³-hybridized carbons (Fsp3) is 0.294. The lowest BCUT2D eigenvalue weighted by atomic mass is 10.2. The highest BCUT2D eigenvalue weighted by Gasteiger charge is 2.18. The monoisotopic (exact) mass is 330 g/mol. The quantitative estimate of drug-likeness (QED) is 0.853. The van der Waals surface area contributed by atoms with Gasteiger partial charge in [-0.15, -0.1) is 11.8 Å². The van der Waals surface area contributed by atoms with E-state index in [1.807, 2.05) is 30.5 Å². The van der Waals surface area contributed by atoms with Crippen LogP contribution in [0.15, 0.2) is 47.5 Å². The van der Waals surface area contributed by atoms with Gasteiger partial charge in [0.1, 0.15) is 6.10 Å². The lowest BCUT2D eigenvalue weighted by Crippen LogP contribution is -2.17. The van der Waals surface area contributed by atoms with Crippen LogP contribution in [0.2, 0.25) is 0 Å². The third kappa shape index (κ3) is 4.03. The van der Waals surface area contributed by atoms with Gasteiger partial charge in [-0.05, 0) is 24.5 Å². The molecule has 0 bridgehead atoms. The first-order valence-corrected chi connectivity index (χ1v) is 8.63. The van der Waals surface area contributed by atoms with Crippen LogP contribution in [0.1, 0.15) is 16.8 Å². The van der Waals surface area contributed by atoms with Gasteiger partial charge in [0.25, 0.3) is 5.91 Å². The normalized spacial score (nSPS) is 17.0. The minimum absolute atomic E-state index is 0.0515. The van der Waals surface area contributed by atoms with E-state index in [1.54, 1.807) is 23.9 Å². The molecule has 1 unspecified atom stereocenters. The van der Waals surface area contributed by atoms with E-state index in [2.05, 4.69) is 10.3 Å². The maximum absolute atomic E-state index is 12.3. The fourth-order valence-corrected chi connectivity index (χ4v) is 2.86. The molecule has 0 spiro atoms. The lowest BCUT2D eigenvalue weighted by Gasteiger charge is -2.11. The van der Waals surface area contributed by atoms with Gasteiger partial charge in [0, 0.05) is 23.6 Å². The predicted octanol–water partition coefficient (Wildman–Crippen LogP) is 3.22. The van der Waals surface area contributed by atoms with Crippen molar-refractivity contribution in [2.45, 2.75) is 17.4 Å². The Kier molecular flexibility index (Phi) is 5.15. The molecule has 1 saturated heterocycles. The van der Waals surface area contributed by atoms with E-state index in [4.69, 9.17) is 9.47 Å². The SMILES string of the molecule is CSc1ccccc1NC(=O)c1ccc(OC2CCOC2)nc1. The number of ether oxygens (including phenoxy) is 2. The number of nitrogens with one attached hydrogen (secondary N) is 1. The highest BCUT2D eigenvalue weighted by Crippen LogP contribution is 2.25. The second kappa shape index (κ2) is 7.48. The zero-order valence-corrected chi connectivity index (χ0v) is 13.6. The number of para-hydroxylation sites is 1. The summed E-state index contributed by atoms with van der Waals surface area (Å²) < 4.78 is 11.0. The molecule has 1 aliphatic rings. The molecular formula is C17H18N2O3S. The van der Waals surface area contributed by atoms with E-state index in [0.29, 0.717) is 18.1 Å². The molecule has 0 aliphatic carbocycles. The minimum atomic E-state index is -0.185. The number of anilines is 1. The molecular weight excluding hydrogens is 312 g/mol. The Hall–Kier alpha value is -2.05. The van der Waals surface area contributed by atoms with E-state index in [-0.39, 0.29) is 12.0 Å². The van der Waals surface area contributed by atoms with Crippen molar-refractivity contribution in [3.8, 4) is 5.88 Å². The Morgan fingerprint density at radius 2 is 2.22 bits per heavy atom. The van der Waals surface area contributed by atoms with E-state index >= 15 is 0 Å². The van der Waals surface area contributed by atoms with Crippen molar-refractivity contribution in [2.75, 3.05) is 24.8 Å². The number of rotatable bonds is 5. The number of amides is 1. The summed E-state index contributed by atoms with van der Waals surface area (Å²) in [4.78, 5) is 17.5. The van der Waals surface area contributed by atoms with Crippen LogP contribution in [0.4, 0.5) is 5.69 Å². The summed E-state index contributed by atoms with van der Waals surface area (Å²) in [6.45, 7) is 1.31. The second-order valence-corrected chi connectivity index (χ2v) is 5.99. The van der Waals surface area contributed by atoms with E-state index < -0.39 is 0 Å². The average Bonchev–Trinajstić information content (AvgIpc) is 3.09. The van der Waals surface area contributed by atoms with Crippen LogP contribution in [0, 0.1) is 0 Å². The number of benzene rings is 1. The molecule has 2 heterocycles. The topological polar surface area (TPSA) is 60.5 Å². The molecule has 120 valence electrons. The molecule has 1 amide bonds. The van der Waals surface area contributed by atoms with Crippen molar-refractivity contribution < 1.29 is 14.3 Å². The molecule has 6 heteroatoms. The van der Waals surface area contributed by atoms with Gasteiger partial charge in [-0.2, -0.15) is 0 Å². The van der Waals surface area contributed by atoms with Crippen molar-refractivity contribution in [3.63, 3.8) is 0 Å². The van der Waals surface area contributed by atoms with Gasteiger partial charge in [0.2, 0.25) is 5.88 Å². The molecule has 2 aromatic rings. The predicted molar refractivity (Wildman–Crippen MR) is 90.3 cm³/mol. The van der Waals surface area contributed by atoms with Crippen LogP contribution in [-0.4, -0.2) is 36.5 Å². The number of hydrogen-bond donors (Lipinski definition) is 1. The molecule has 1 atom stereocenters. The minimum Gasteiger partial charge on any atom is -0.472 e. The second-order valence-electron chi connectivity index (χ2n) is 5.14. The van der Waals surface area contributed by atoms with E-state index in [0.717, 1.165) is 23.6 Å². The summed E-state index contributed by atoms with van der Waals surface area (Å²) in [6, 6.07) is 11.1. The largest absolute Gasteiger partial charge is 0.472 e. The number of pyridine rings is 1. The number of aromatic nitrogens is 1. The standard InChI is InChI=1S/C17H18N2O3S/c1-23-15-5-3-2-4-14(15)19-17(20)12-6-7-16(18-10-12)22-13-8-9-21-11-13/h2-7,10,13H,8-9,11H2,1H3,(H,19,20). The van der Waals surface area contributed by atoms with Gasteiger partial charge in [-0.25, -0.2) is 4.98 Å². The molecule has 0 saturated carbocycles. The van der Waals surface area contributed by atoms with Crippen molar-refractivity contribution in [1.82, 2.24) is 4.98 Å². The Morgan fingerprint density at radius 3 is 2.91 bits per heavy atom. The van der Waals surface area contributed by atoms with Crippen LogP contribution < -0.4 is 10.1 Å². The van der Waals surface area contributed by atoms with Gasteiger partial charge < -0.3 is 14.8 Å². The summed E-state index contributed by atoms with van der Waals surface area (Å²) in [5, 5.41) is 2.91. The fourth-order valence-electron chi connectivity index (χ4n) is 2.30. The van der Waals surface area contributed by atoms with Crippen molar-refractivity contribution in [1.29, 1.82) is 0 Å². The molecule has 0 radical (unpaired) electrons. The van der Waals surface area contributed by atoms with Crippen molar-refractivity contribution >= 4 is 23.4 Å². The Morgan fingerprint density at radius 1 is 1.35 bits per heavy atom. The molecule has 3 rings (SSSR count). The van der Waals surface area contributed by atoms with Crippen LogP contribution in [0.5, 0.6) is 5.88 Å². The maximum atomic E-state index is 12.3. The third-order valence-corrected chi connectivity index (χ3v) is 4.32. The molecule has 1 N–H and O–H groups in total. The third-order valence-electron chi connectivity index (χ3n) is 3.53. The van der Waals surface area contributed by atoms with Crippen LogP contribution >= 0.6 is 11.8 Å². The van der Waals surface area contributed by atoms with Crippen molar-refractivity contribution in [3.05, 3.63) is 48.2 Å². The number of carbonyl (C=O) groups is 1. The summed E-state index contributed by atoms with van der Waals surface area (Å²) in [5.74, 6) is 0.330. The highest BCUT2D eigenvalue weighted by atomic mass is 32.2. The zero-order chi connectivity index (χ0) is 16.1. The van der Waals surface area contributed by atoms with Crippen LogP contribution in [-0.2, 0) is 4.74 Å². The number of carbonyl (C=O) groups excluding carboxylic acids is 1. The maximum Gasteiger partial charge on any atom is 0.257 e. The molecule has 1 aliphatic heterocycles. The van der Waals surface area contributed by atoms with Crippen LogP contribution in [0.25, 0.3) is 0 Å². The number of hydrogen-bond acceptors (Lipinski definition) is 5. The highest BCUT2D eigenvalue weighted by molar-refractivity contribution is 7.98. The van der Waals surface area contributed by atoms with E-state index in [9.17, 15) is 4.79 Å². The molecule has 23 heavy (non-hydrogen) atoms. The van der Waals surface area contributed by atoms with Gasteiger partial charge >= 0.3 is 0 Å². The van der Waals surface area contributed by atoms with Crippen molar-refractivity contribution in [2.24, 2.45) is 0 Å².